The third kappa shape index (κ3) is 6.57. The standard InChI is InChI=1S/2C6H11.Fe/c2*1-6-4-2-3-5-6;/h2*2-5H2,1H3;/q2*-1;+2. The molecular formula is C12H22Fe. The third-order valence-electron chi connectivity index (χ3n) is 2.91. The normalized spacial score (nSPS) is 23.5. The van der Waals surface area contributed by atoms with Gasteiger partial charge in [0.15, 0.2) is 0 Å². The Balaban J connectivity index is 0.000000206. The molecule has 0 unspecified atom stereocenters. The second-order valence-corrected chi connectivity index (χ2v) is 4.33. The Hall–Kier alpha value is 0.519. The van der Waals surface area contributed by atoms with Gasteiger partial charge >= 0.3 is 17.1 Å². The van der Waals surface area contributed by atoms with E-state index < -0.39 is 0 Å². The van der Waals surface area contributed by atoms with Crippen molar-refractivity contribution in [2.24, 2.45) is 0 Å². The van der Waals surface area contributed by atoms with Crippen molar-refractivity contribution in [1.82, 2.24) is 0 Å². The van der Waals surface area contributed by atoms with E-state index in [9.17, 15) is 0 Å². The van der Waals surface area contributed by atoms with Gasteiger partial charge in [-0.05, 0) is 0 Å². The summed E-state index contributed by atoms with van der Waals surface area (Å²) in [4.78, 5) is 0. The number of rotatable bonds is 0. The summed E-state index contributed by atoms with van der Waals surface area (Å²) < 4.78 is 0. The van der Waals surface area contributed by atoms with E-state index in [1.54, 1.807) is 11.8 Å². The van der Waals surface area contributed by atoms with Crippen LogP contribution in [-0.4, -0.2) is 0 Å². The molecule has 0 N–H and O–H groups in total. The van der Waals surface area contributed by atoms with E-state index >= 15 is 0 Å². The molecule has 1 heteroatoms. The van der Waals surface area contributed by atoms with Gasteiger partial charge in [0, 0.05) is 0 Å². The molecule has 0 bridgehead atoms. The zero-order chi connectivity index (χ0) is 8.81. The minimum Gasteiger partial charge on any atom is -0.317 e. The Morgan fingerprint density at radius 3 is 0.923 bits per heavy atom. The molecule has 0 aromatic carbocycles. The largest absolute Gasteiger partial charge is 2.00 e. The minimum absolute atomic E-state index is 0. The SMILES string of the molecule is C[C-]1CCCC1.C[C-]1CCCC1.[Fe+2]. The molecule has 2 aliphatic carbocycles. The average molecular weight is 222 g/mol. The summed E-state index contributed by atoms with van der Waals surface area (Å²) >= 11 is 0. The van der Waals surface area contributed by atoms with Crippen molar-refractivity contribution in [3.05, 3.63) is 11.8 Å². The van der Waals surface area contributed by atoms with Gasteiger partial charge in [-0.25, -0.2) is 0 Å². The average Bonchev–Trinajstić information content (AvgIpc) is 2.63. The van der Waals surface area contributed by atoms with Crippen molar-refractivity contribution < 1.29 is 17.1 Å². The predicted molar refractivity (Wildman–Crippen MR) is 54.8 cm³/mol. The molecule has 0 spiro atoms. The van der Waals surface area contributed by atoms with Crippen LogP contribution in [0.2, 0.25) is 0 Å². The van der Waals surface area contributed by atoms with Crippen LogP contribution in [0.15, 0.2) is 0 Å². The monoisotopic (exact) mass is 222 g/mol. The van der Waals surface area contributed by atoms with Crippen LogP contribution in [0.1, 0.15) is 65.2 Å². The maximum Gasteiger partial charge on any atom is 2.00 e. The second-order valence-electron chi connectivity index (χ2n) is 4.33. The van der Waals surface area contributed by atoms with Gasteiger partial charge < -0.3 is 11.8 Å². The van der Waals surface area contributed by atoms with E-state index in [2.05, 4.69) is 13.8 Å². The fourth-order valence-corrected chi connectivity index (χ4v) is 1.96. The summed E-state index contributed by atoms with van der Waals surface area (Å²) in [5.41, 5.74) is 0. The molecule has 2 rings (SSSR count). The Kier molecular flexibility index (Phi) is 8.20. The molecule has 0 saturated heterocycles. The first-order valence-corrected chi connectivity index (χ1v) is 5.41. The molecular weight excluding hydrogens is 200 g/mol. The van der Waals surface area contributed by atoms with Gasteiger partial charge in [-0.1, -0.05) is 25.7 Å². The summed E-state index contributed by atoms with van der Waals surface area (Å²) in [6.45, 7) is 4.51. The van der Waals surface area contributed by atoms with Crippen molar-refractivity contribution in [1.29, 1.82) is 0 Å². The van der Waals surface area contributed by atoms with Crippen LogP contribution in [0.25, 0.3) is 0 Å². The van der Waals surface area contributed by atoms with Gasteiger partial charge in [-0.3, -0.25) is 0 Å². The van der Waals surface area contributed by atoms with Crippen LogP contribution in [0.4, 0.5) is 0 Å². The van der Waals surface area contributed by atoms with Crippen LogP contribution < -0.4 is 0 Å². The van der Waals surface area contributed by atoms with E-state index in [1.807, 2.05) is 0 Å². The maximum absolute atomic E-state index is 2.26. The molecule has 2 saturated carbocycles. The minimum atomic E-state index is 0. The first-order chi connectivity index (χ1) is 5.79. The summed E-state index contributed by atoms with van der Waals surface area (Å²) in [6.07, 6.45) is 11.4. The number of hydrogen-bond acceptors (Lipinski definition) is 0. The molecule has 0 amide bonds. The van der Waals surface area contributed by atoms with Crippen LogP contribution >= 0.6 is 0 Å². The van der Waals surface area contributed by atoms with Crippen molar-refractivity contribution in [3.8, 4) is 0 Å². The van der Waals surface area contributed by atoms with Gasteiger partial charge in [0.1, 0.15) is 0 Å². The zero-order valence-electron chi connectivity index (χ0n) is 9.01. The second kappa shape index (κ2) is 7.88. The van der Waals surface area contributed by atoms with Gasteiger partial charge in [-0.2, -0.15) is 39.5 Å². The van der Waals surface area contributed by atoms with Crippen molar-refractivity contribution in [3.63, 3.8) is 0 Å². The van der Waals surface area contributed by atoms with Crippen LogP contribution in [-0.2, 0) is 17.1 Å². The summed E-state index contributed by atoms with van der Waals surface area (Å²) in [5.74, 6) is 3.41. The van der Waals surface area contributed by atoms with E-state index in [-0.39, 0.29) is 17.1 Å². The van der Waals surface area contributed by atoms with Gasteiger partial charge in [-0.15, -0.1) is 0 Å². The molecule has 0 aliphatic heterocycles. The Morgan fingerprint density at radius 2 is 0.846 bits per heavy atom. The fraction of sp³-hybridized carbons (Fsp3) is 0.833. The summed E-state index contributed by atoms with van der Waals surface area (Å²) in [7, 11) is 0. The number of hydrogen-bond donors (Lipinski definition) is 0. The van der Waals surface area contributed by atoms with Crippen LogP contribution in [0, 0.1) is 11.8 Å². The molecule has 0 nitrogen and oxygen atoms in total. The molecule has 13 heavy (non-hydrogen) atoms. The topological polar surface area (TPSA) is 0 Å². The van der Waals surface area contributed by atoms with Gasteiger partial charge in [0.2, 0.25) is 0 Å². The van der Waals surface area contributed by atoms with E-state index in [4.69, 9.17) is 0 Å². The third-order valence-corrected chi connectivity index (χ3v) is 2.91. The Labute approximate surface area is 94.3 Å². The summed E-state index contributed by atoms with van der Waals surface area (Å²) in [5, 5.41) is 0. The molecule has 0 atom stereocenters. The van der Waals surface area contributed by atoms with Crippen molar-refractivity contribution in [2.75, 3.05) is 0 Å². The van der Waals surface area contributed by atoms with Crippen molar-refractivity contribution in [2.45, 2.75) is 65.2 Å². The fourth-order valence-electron chi connectivity index (χ4n) is 1.96. The molecule has 0 heterocycles. The zero-order valence-corrected chi connectivity index (χ0v) is 10.1. The van der Waals surface area contributed by atoms with Crippen molar-refractivity contribution >= 4 is 0 Å². The predicted octanol–water partition coefficient (Wildman–Crippen LogP) is 4.31. The first kappa shape index (κ1) is 13.5. The van der Waals surface area contributed by atoms with Crippen LogP contribution in [0.3, 0.4) is 0 Å². The maximum atomic E-state index is 2.26. The molecule has 2 fully saturated rings. The van der Waals surface area contributed by atoms with Crippen LogP contribution in [0.5, 0.6) is 0 Å². The Bertz CT molecular complexity index is 85.7. The molecule has 0 aromatic heterocycles. The molecule has 2 aliphatic rings. The quantitative estimate of drug-likeness (QED) is 0.423. The van der Waals surface area contributed by atoms with E-state index in [0.29, 0.717) is 0 Å². The summed E-state index contributed by atoms with van der Waals surface area (Å²) in [6, 6.07) is 0. The molecule has 0 radical (unpaired) electrons. The molecule has 0 aromatic rings. The van der Waals surface area contributed by atoms with E-state index in [0.717, 1.165) is 0 Å². The van der Waals surface area contributed by atoms with Gasteiger partial charge in [0.05, 0.1) is 0 Å². The van der Waals surface area contributed by atoms with Gasteiger partial charge in [0.25, 0.3) is 0 Å². The molecule has 78 valence electrons. The Morgan fingerprint density at radius 1 is 0.615 bits per heavy atom. The van der Waals surface area contributed by atoms with E-state index in [1.165, 1.54) is 51.4 Å². The first-order valence-electron chi connectivity index (χ1n) is 5.41. The smallest absolute Gasteiger partial charge is 0.317 e.